The van der Waals surface area contributed by atoms with Gasteiger partial charge in [0.2, 0.25) is 0 Å². The minimum absolute atomic E-state index is 0.518. The van der Waals surface area contributed by atoms with Crippen LogP contribution in [0, 0.1) is 0 Å². The van der Waals surface area contributed by atoms with Crippen molar-refractivity contribution in [3.63, 3.8) is 0 Å². The Morgan fingerprint density at radius 3 is 2.73 bits per heavy atom. The highest BCUT2D eigenvalue weighted by atomic mass is 16.3. The molecule has 3 rings (SSSR count). The van der Waals surface area contributed by atoms with Gasteiger partial charge in [0, 0.05) is 12.5 Å². The molecule has 1 fully saturated rings. The van der Waals surface area contributed by atoms with Crippen LogP contribution in [0.4, 0.5) is 0 Å². The summed E-state index contributed by atoms with van der Waals surface area (Å²) < 4.78 is 0. The van der Waals surface area contributed by atoms with Crippen molar-refractivity contribution in [2.75, 3.05) is 13.1 Å². The summed E-state index contributed by atoms with van der Waals surface area (Å²) in [6.45, 7) is 2.10. The first kappa shape index (κ1) is 9.22. The zero-order valence-electron chi connectivity index (χ0n) is 8.92. The summed E-state index contributed by atoms with van der Waals surface area (Å²) in [5, 5.41) is 13.4. The SMILES string of the molecule is Oc1cc2c(cc1C1CCNC1)CCC2. The van der Waals surface area contributed by atoms with Crippen LogP contribution in [0.15, 0.2) is 12.1 Å². The van der Waals surface area contributed by atoms with Crippen molar-refractivity contribution >= 4 is 0 Å². The molecule has 2 aliphatic rings. The smallest absolute Gasteiger partial charge is 0.119 e. The first-order valence-corrected chi connectivity index (χ1v) is 5.90. The van der Waals surface area contributed by atoms with Gasteiger partial charge in [0.15, 0.2) is 0 Å². The molecule has 2 heteroatoms. The van der Waals surface area contributed by atoms with E-state index < -0.39 is 0 Å². The van der Waals surface area contributed by atoms with Crippen LogP contribution in [0.3, 0.4) is 0 Å². The van der Waals surface area contributed by atoms with E-state index in [1.165, 1.54) is 29.5 Å². The highest BCUT2D eigenvalue weighted by Crippen LogP contribution is 2.35. The average molecular weight is 203 g/mol. The molecule has 15 heavy (non-hydrogen) atoms. The van der Waals surface area contributed by atoms with Crippen LogP contribution in [0.1, 0.15) is 35.4 Å². The van der Waals surface area contributed by atoms with Gasteiger partial charge in [-0.1, -0.05) is 6.07 Å². The fourth-order valence-electron chi connectivity index (χ4n) is 2.88. The predicted octanol–water partition coefficient (Wildman–Crippen LogP) is 1.96. The Morgan fingerprint density at radius 2 is 2.00 bits per heavy atom. The lowest BCUT2D eigenvalue weighted by Gasteiger charge is -2.13. The number of fused-ring (bicyclic) bond motifs is 1. The van der Waals surface area contributed by atoms with Gasteiger partial charge in [-0.2, -0.15) is 0 Å². The largest absolute Gasteiger partial charge is 0.508 e. The molecule has 1 aliphatic heterocycles. The van der Waals surface area contributed by atoms with E-state index in [2.05, 4.69) is 11.4 Å². The summed E-state index contributed by atoms with van der Waals surface area (Å²) in [7, 11) is 0. The van der Waals surface area contributed by atoms with Crippen molar-refractivity contribution in [2.24, 2.45) is 0 Å². The Labute approximate surface area is 90.3 Å². The number of rotatable bonds is 1. The van der Waals surface area contributed by atoms with Crippen molar-refractivity contribution in [2.45, 2.75) is 31.6 Å². The van der Waals surface area contributed by atoms with E-state index in [4.69, 9.17) is 0 Å². The van der Waals surface area contributed by atoms with Crippen molar-refractivity contribution in [1.82, 2.24) is 5.32 Å². The van der Waals surface area contributed by atoms with E-state index in [0.717, 1.165) is 25.9 Å². The van der Waals surface area contributed by atoms with Gasteiger partial charge in [-0.25, -0.2) is 0 Å². The van der Waals surface area contributed by atoms with Crippen molar-refractivity contribution in [3.8, 4) is 5.75 Å². The molecule has 1 aliphatic carbocycles. The molecule has 1 atom stereocenters. The number of nitrogens with one attached hydrogen (secondary N) is 1. The molecule has 1 saturated heterocycles. The third-order valence-electron chi connectivity index (χ3n) is 3.74. The highest BCUT2D eigenvalue weighted by molar-refractivity contribution is 5.46. The molecule has 0 radical (unpaired) electrons. The standard InChI is InChI=1S/C13H17NO/c15-13-7-10-3-1-2-9(10)6-12(13)11-4-5-14-8-11/h6-7,11,14-15H,1-5,8H2. The summed E-state index contributed by atoms with van der Waals surface area (Å²) >= 11 is 0. The maximum atomic E-state index is 10.0. The molecular formula is C13H17NO. The Morgan fingerprint density at radius 1 is 1.20 bits per heavy atom. The molecule has 0 amide bonds. The Kier molecular flexibility index (Phi) is 2.17. The van der Waals surface area contributed by atoms with Crippen molar-refractivity contribution in [1.29, 1.82) is 0 Å². The maximum absolute atomic E-state index is 10.0. The van der Waals surface area contributed by atoms with Gasteiger partial charge >= 0.3 is 0 Å². The molecule has 0 aromatic heterocycles. The van der Waals surface area contributed by atoms with Crippen LogP contribution >= 0.6 is 0 Å². The number of phenols is 1. The van der Waals surface area contributed by atoms with Crippen molar-refractivity contribution in [3.05, 3.63) is 28.8 Å². The molecule has 2 nitrogen and oxygen atoms in total. The predicted molar refractivity (Wildman–Crippen MR) is 60.4 cm³/mol. The fraction of sp³-hybridized carbons (Fsp3) is 0.538. The van der Waals surface area contributed by atoms with Gasteiger partial charge in [0.05, 0.1) is 0 Å². The Hall–Kier alpha value is -1.02. The fourth-order valence-corrected chi connectivity index (χ4v) is 2.88. The monoisotopic (exact) mass is 203 g/mol. The van der Waals surface area contributed by atoms with Gasteiger partial charge in [-0.15, -0.1) is 0 Å². The Balaban J connectivity index is 2.00. The van der Waals surface area contributed by atoms with Crippen LogP contribution in [-0.2, 0) is 12.8 Å². The van der Waals surface area contributed by atoms with Gasteiger partial charge in [0.1, 0.15) is 5.75 Å². The quantitative estimate of drug-likeness (QED) is 0.731. The minimum Gasteiger partial charge on any atom is -0.508 e. The van der Waals surface area contributed by atoms with Crippen LogP contribution in [-0.4, -0.2) is 18.2 Å². The molecule has 1 unspecified atom stereocenters. The molecule has 0 saturated carbocycles. The van der Waals surface area contributed by atoms with Gasteiger partial charge in [-0.3, -0.25) is 0 Å². The van der Waals surface area contributed by atoms with E-state index in [1.54, 1.807) is 0 Å². The second kappa shape index (κ2) is 3.53. The summed E-state index contributed by atoms with van der Waals surface area (Å²) in [6, 6.07) is 4.24. The number of hydrogen-bond acceptors (Lipinski definition) is 2. The molecule has 1 aromatic carbocycles. The molecule has 1 heterocycles. The number of aryl methyl sites for hydroxylation is 2. The molecule has 80 valence electrons. The summed E-state index contributed by atoms with van der Waals surface area (Å²) in [5.74, 6) is 1.04. The first-order chi connectivity index (χ1) is 7.34. The Bertz CT molecular complexity index is 380. The van der Waals surface area contributed by atoms with Crippen LogP contribution in [0.2, 0.25) is 0 Å². The van der Waals surface area contributed by atoms with E-state index >= 15 is 0 Å². The normalized spacial score (nSPS) is 24.4. The van der Waals surface area contributed by atoms with E-state index in [9.17, 15) is 5.11 Å². The summed E-state index contributed by atoms with van der Waals surface area (Å²) in [6.07, 6.45) is 4.75. The molecular weight excluding hydrogens is 186 g/mol. The highest BCUT2D eigenvalue weighted by Gasteiger charge is 2.22. The second-order valence-corrected chi connectivity index (χ2v) is 4.72. The summed E-state index contributed by atoms with van der Waals surface area (Å²) in [5.41, 5.74) is 4.00. The van der Waals surface area contributed by atoms with E-state index in [1.807, 2.05) is 6.07 Å². The lowest BCUT2D eigenvalue weighted by Crippen LogP contribution is -2.08. The number of benzene rings is 1. The second-order valence-electron chi connectivity index (χ2n) is 4.72. The van der Waals surface area contributed by atoms with Crippen LogP contribution in [0.5, 0.6) is 5.75 Å². The maximum Gasteiger partial charge on any atom is 0.119 e. The third-order valence-corrected chi connectivity index (χ3v) is 3.74. The topological polar surface area (TPSA) is 32.3 Å². The molecule has 0 spiro atoms. The summed E-state index contributed by atoms with van der Waals surface area (Å²) in [4.78, 5) is 0. The lowest BCUT2D eigenvalue weighted by molar-refractivity contribution is 0.462. The van der Waals surface area contributed by atoms with Gasteiger partial charge in [-0.05, 0) is 55.0 Å². The molecule has 1 aromatic rings. The van der Waals surface area contributed by atoms with Crippen LogP contribution < -0.4 is 5.32 Å². The zero-order chi connectivity index (χ0) is 10.3. The molecule has 0 bridgehead atoms. The van der Waals surface area contributed by atoms with E-state index in [-0.39, 0.29) is 0 Å². The van der Waals surface area contributed by atoms with E-state index in [0.29, 0.717) is 11.7 Å². The number of aromatic hydroxyl groups is 1. The lowest BCUT2D eigenvalue weighted by atomic mass is 9.94. The zero-order valence-corrected chi connectivity index (χ0v) is 8.92. The van der Waals surface area contributed by atoms with Crippen LogP contribution in [0.25, 0.3) is 0 Å². The first-order valence-electron chi connectivity index (χ1n) is 5.90. The minimum atomic E-state index is 0.518. The number of hydrogen-bond donors (Lipinski definition) is 2. The van der Waals surface area contributed by atoms with Gasteiger partial charge < -0.3 is 10.4 Å². The average Bonchev–Trinajstić information content (AvgIpc) is 2.85. The number of phenolic OH excluding ortho intramolecular Hbond substituents is 1. The van der Waals surface area contributed by atoms with Gasteiger partial charge in [0.25, 0.3) is 0 Å². The third kappa shape index (κ3) is 1.53. The van der Waals surface area contributed by atoms with Crippen molar-refractivity contribution < 1.29 is 5.11 Å². The molecule has 2 N–H and O–H groups in total.